The van der Waals surface area contributed by atoms with Gasteiger partial charge < -0.3 is 10.6 Å². The number of rotatable bonds is 7. The minimum atomic E-state index is -0.334. The summed E-state index contributed by atoms with van der Waals surface area (Å²) in [6.45, 7) is 3.85. The number of hydrogen-bond acceptors (Lipinski definition) is 2. The van der Waals surface area contributed by atoms with Crippen molar-refractivity contribution in [2.45, 2.75) is 32.7 Å². The first-order valence-electron chi connectivity index (χ1n) is 6.35. The molecule has 0 aliphatic heterocycles. The van der Waals surface area contributed by atoms with Crippen LogP contribution in [0.1, 0.15) is 37.3 Å². The first-order chi connectivity index (χ1) is 8.52. The Balaban J connectivity index is 2.63. The van der Waals surface area contributed by atoms with Crippen LogP contribution in [0.15, 0.2) is 18.2 Å². The van der Waals surface area contributed by atoms with Gasteiger partial charge in [-0.1, -0.05) is 19.8 Å². The van der Waals surface area contributed by atoms with E-state index in [0.29, 0.717) is 12.1 Å². The molecule has 3 N–H and O–H groups in total. The molecule has 0 aliphatic rings. The van der Waals surface area contributed by atoms with Crippen LogP contribution in [0.4, 0.5) is 4.39 Å². The predicted octanol–water partition coefficient (Wildman–Crippen LogP) is 2.73. The molecule has 1 aromatic rings. The average Bonchev–Trinajstić information content (AvgIpc) is 2.28. The van der Waals surface area contributed by atoms with Crippen molar-refractivity contribution in [3.8, 4) is 0 Å². The summed E-state index contributed by atoms with van der Waals surface area (Å²) in [5.74, 6) is -0.427. The van der Waals surface area contributed by atoms with E-state index in [1.165, 1.54) is 25.0 Å². The van der Waals surface area contributed by atoms with Gasteiger partial charge in [0.2, 0.25) is 0 Å². The summed E-state index contributed by atoms with van der Waals surface area (Å²) in [6.07, 6.45) is 3.57. The quantitative estimate of drug-likeness (QED) is 0.445. The van der Waals surface area contributed by atoms with Gasteiger partial charge in [-0.3, -0.25) is 5.41 Å². The molecule has 0 bridgehead atoms. The lowest BCUT2D eigenvalue weighted by Crippen LogP contribution is -2.20. The second kappa shape index (κ2) is 7.11. The molecule has 0 aromatic heterocycles. The van der Waals surface area contributed by atoms with Crippen molar-refractivity contribution >= 4 is 5.84 Å². The fourth-order valence-electron chi connectivity index (χ4n) is 1.92. The summed E-state index contributed by atoms with van der Waals surface area (Å²) >= 11 is 0. The van der Waals surface area contributed by atoms with Crippen LogP contribution in [-0.4, -0.2) is 24.3 Å². The summed E-state index contributed by atoms with van der Waals surface area (Å²) in [5, 5.41) is 7.34. The van der Waals surface area contributed by atoms with Crippen molar-refractivity contribution in [3.63, 3.8) is 0 Å². The highest BCUT2D eigenvalue weighted by Gasteiger charge is 2.05. The smallest absolute Gasteiger partial charge is 0.124 e. The van der Waals surface area contributed by atoms with Gasteiger partial charge in [-0.15, -0.1) is 0 Å². The Hall–Kier alpha value is -1.42. The second-order valence-corrected chi connectivity index (χ2v) is 4.71. The van der Waals surface area contributed by atoms with E-state index < -0.39 is 0 Å². The fraction of sp³-hybridized carbons (Fsp3) is 0.500. The van der Waals surface area contributed by atoms with Crippen LogP contribution in [0.25, 0.3) is 0 Å². The van der Waals surface area contributed by atoms with E-state index in [1.54, 1.807) is 6.07 Å². The lowest BCUT2D eigenvalue weighted by molar-refractivity contribution is 0.317. The van der Waals surface area contributed by atoms with Gasteiger partial charge in [-0.05, 0) is 43.8 Å². The van der Waals surface area contributed by atoms with Gasteiger partial charge in [0.1, 0.15) is 11.7 Å². The Kier molecular flexibility index (Phi) is 5.78. The van der Waals surface area contributed by atoms with Crippen molar-refractivity contribution in [2.24, 2.45) is 5.73 Å². The average molecular weight is 251 g/mol. The SMILES string of the molecule is CCCCCN(C)Cc1cc(F)cc(C(=N)N)c1. The van der Waals surface area contributed by atoms with Gasteiger partial charge >= 0.3 is 0 Å². The number of nitrogens with two attached hydrogens (primary N) is 1. The van der Waals surface area contributed by atoms with Gasteiger partial charge in [0.25, 0.3) is 0 Å². The number of unbranched alkanes of at least 4 members (excludes halogenated alkanes) is 2. The number of nitrogens with one attached hydrogen (secondary N) is 1. The number of halogens is 1. The zero-order chi connectivity index (χ0) is 13.5. The van der Waals surface area contributed by atoms with Crippen LogP contribution >= 0.6 is 0 Å². The molecular weight excluding hydrogens is 229 g/mol. The number of hydrogen-bond donors (Lipinski definition) is 2. The second-order valence-electron chi connectivity index (χ2n) is 4.71. The van der Waals surface area contributed by atoms with Crippen LogP contribution in [0, 0.1) is 11.2 Å². The Labute approximate surface area is 108 Å². The molecule has 18 heavy (non-hydrogen) atoms. The van der Waals surface area contributed by atoms with Crippen LogP contribution in [0.2, 0.25) is 0 Å². The van der Waals surface area contributed by atoms with Gasteiger partial charge in [0.15, 0.2) is 0 Å². The molecule has 0 fully saturated rings. The van der Waals surface area contributed by atoms with Crippen molar-refractivity contribution in [1.82, 2.24) is 4.90 Å². The van der Waals surface area contributed by atoms with E-state index in [4.69, 9.17) is 11.1 Å². The van der Waals surface area contributed by atoms with Crippen LogP contribution in [-0.2, 0) is 6.54 Å². The monoisotopic (exact) mass is 251 g/mol. The maximum atomic E-state index is 13.4. The molecule has 0 spiro atoms. The van der Waals surface area contributed by atoms with E-state index >= 15 is 0 Å². The maximum absolute atomic E-state index is 13.4. The number of benzene rings is 1. The summed E-state index contributed by atoms with van der Waals surface area (Å²) < 4.78 is 13.4. The Morgan fingerprint density at radius 1 is 1.33 bits per heavy atom. The number of amidine groups is 1. The molecule has 1 rings (SSSR count). The minimum Gasteiger partial charge on any atom is -0.384 e. The molecule has 0 heterocycles. The first-order valence-corrected chi connectivity index (χ1v) is 6.35. The fourth-order valence-corrected chi connectivity index (χ4v) is 1.92. The molecule has 4 heteroatoms. The third-order valence-corrected chi connectivity index (χ3v) is 2.86. The van der Waals surface area contributed by atoms with Crippen molar-refractivity contribution in [2.75, 3.05) is 13.6 Å². The Morgan fingerprint density at radius 2 is 2.06 bits per heavy atom. The highest BCUT2D eigenvalue weighted by molar-refractivity contribution is 5.95. The van der Waals surface area contributed by atoms with Crippen LogP contribution < -0.4 is 5.73 Å². The molecule has 0 amide bonds. The Morgan fingerprint density at radius 3 is 2.67 bits per heavy atom. The summed E-state index contributed by atoms with van der Waals surface area (Å²) in [4.78, 5) is 2.16. The molecule has 100 valence electrons. The van der Waals surface area contributed by atoms with Crippen molar-refractivity contribution in [1.29, 1.82) is 5.41 Å². The molecule has 0 atom stereocenters. The zero-order valence-electron chi connectivity index (χ0n) is 11.2. The van der Waals surface area contributed by atoms with Gasteiger partial charge in [-0.2, -0.15) is 0 Å². The molecule has 0 saturated heterocycles. The standard InChI is InChI=1S/C14H22FN3/c1-3-4-5-6-18(2)10-11-7-12(14(16)17)9-13(15)8-11/h7-9H,3-6,10H2,1-2H3,(H3,16,17). The third kappa shape index (κ3) is 4.84. The topological polar surface area (TPSA) is 53.1 Å². The van der Waals surface area contributed by atoms with E-state index in [9.17, 15) is 4.39 Å². The Bertz CT molecular complexity index is 404. The van der Waals surface area contributed by atoms with Gasteiger partial charge in [0.05, 0.1) is 0 Å². The predicted molar refractivity (Wildman–Crippen MR) is 73.3 cm³/mol. The van der Waals surface area contributed by atoms with E-state index in [1.807, 2.05) is 7.05 Å². The van der Waals surface area contributed by atoms with E-state index in [-0.39, 0.29) is 11.7 Å². The van der Waals surface area contributed by atoms with Crippen LogP contribution in [0.3, 0.4) is 0 Å². The van der Waals surface area contributed by atoms with Crippen LogP contribution in [0.5, 0.6) is 0 Å². The van der Waals surface area contributed by atoms with E-state index in [2.05, 4.69) is 11.8 Å². The minimum absolute atomic E-state index is 0.0932. The third-order valence-electron chi connectivity index (χ3n) is 2.86. The lowest BCUT2D eigenvalue weighted by Gasteiger charge is -2.17. The molecule has 3 nitrogen and oxygen atoms in total. The zero-order valence-corrected chi connectivity index (χ0v) is 11.2. The highest BCUT2D eigenvalue weighted by atomic mass is 19.1. The molecule has 0 saturated carbocycles. The normalized spacial score (nSPS) is 10.9. The lowest BCUT2D eigenvalue weighted by atomic mass is 10.1. The van der Waals surface area contributed by atoms with Gasteiger partial charge in [0, 0.05) is 12.1 Å². The number of nitrogens with zero attached hydrogens (tertiary/aromatic N) is 1. The molecule has 0 radical (unpaired) electrons. The highest BCUT2D eigenvalue weighted by Crippen LogP contribution is 2.11. The van der Waals surface area contributed by atoms with Crippen molar-refractivity contribution < 1.29 is 4.39 Å². The molecular formula is C14H22FN3. The molecule has 0 aliphatic carbocycles. The first kappa shape index (κ1) is 14.6. The summed E-state index contributed by atoms with van der Waals surface area (Å²) in [5.41, 5.74) is 6.69. The van der Waals surface area contributed by atoms with E-state index in [0.717, 1.165) is 18.5 Å². The largest absolute Gasteiger partial charge is 0.384 e. The maximum Gasteiger partial charge on any atom is 0.124 e. The van der Waals surface area contributed by atoms with Crippen molar-refractivity contribution in [3.05, 3.63) is 35.1 Å². The number of nitrogen functional groups attached to an aromatic ring is 1. The molecule has 0 unspecified atom stereocenters. The summed E-state index contributed by atoms with van der Waals surface area (Å²) in [7, 11) is 2.02. The molecule has 1 aromatic carbocycles. The van der Waals surface area contributed by atoms with Gasteiger partial charge in [-0.25, -0.2) is 4.39 Å². The summed E-state index contributed by atoms with van der Waals surface area (Å²) in [6, 6.07) is 4.58.